The van der Waals surface area contributed by atoms with Crippen LogP contribution in [-0.2, 0) is 0 Å². The molecule has 0 spiro atoms. The topological polar surface area (TPSA) is 85.4 Å². The Labute approximate surface area is 139 Å². The van der Waals surface area contributed by atoms with Gasteiger partial charge in [-0.05, 0) is 30.3 Å². The Morgan fingerprint density at radius 3 is 2.52 bits per heavy atom. The molecule has 0 aliphatic carbocycles. The zero-order valence-corrected chi connectivity index (χ0v) is 12.5. The zero-order valence-electron chi connectivity index (χ0n) is 12.5. The van der Waals surface area contributed by atoms with Crippen LogP contribution in [0.1, 0.15) is 10.6 Å². The van der Waals surface area contributed by atoms with Crippen LogP contribution in [0.15, 0.2) is 59.0 Å². The van der Waals surface area contributed by atoms with E-state index in [0.29, 0.717) is 0 Å². The SMILES string of the molecule is O=C(Nc1cc([N+](=O)[O-])ccc1F)c1ccc(-c2ccccc2F)o1. The number of rotatable bonds is 4. The number of benzene rings is 2. The third-order valence-corrected chi connectivity index (χ3v) is 3.38. The number of amides is 1. The van der Waals surface area contributed by atoms with Gasteiger partial charge in [0.25, 0.3) is 11.6 Å². The van der Waals surface area contributed by atoms with Crippen molar-refractivity contribution >= 4 is 17.3 Å². The van der Waals surface area contributed by atoms with Gasteiger partial charge in [0, 0.05) is 12.1 Å². The standard InChI is InChI=1S/C17H10F2N2O4/c18-12-4-2-1-3-11(12)15-7-8-16(25-15)17(22)20-14-9-10(21(23)24)5-6-13(14)19/h1-9H,(H,20,22). The first-order valence-corrected chi connectivity index (χ1v) is 7.06. The van der Waals surface area contributed by atoms with E-state index in [1.807, 2.05) is 0 Å². The highest BCUT2D eigenvalue weighted by atomic mass is 19.1. The lowest BCUT2D eigenvalue weighted by Gasteiger charge is -2.04. The highest BCUT2D eigenvalue weighted by molar-refractivity contribution is 6.02. The number of non-ortho nitro benzene ring substituents is 1. The number of carbonyl (C=O) groups is 1. The Hall–Kier alpha value is -3.55. The van der Waals surface area contributed by atoms with Crippen molar-refractivity contribution in [3.05, 3.63) is 82.1 Å². The Morgan fingerprint density at radius 1 is 1.04 bits per heavy atom. The number of furan rings is 1. The van der Waals surface area contributed by atoms with E-state index < -0.39 is 22.5 Å². The predicted molar refractivity (Wildman–Crippen MR) is 85.1 cm³/mol. The Morgan fingerprint density at radius 2 is 1.80 bits per heavy atom. The highest BCUT2D eigenvalue weighted by Crippen LogP contribution is 2.26. The molecule has 3 rings (SSSR count). The number of anilines is 1. The van der Waals surface area contributed by atoms with E-state index in [-0.39, 0.29) is 28.5 Å². The van der Waals surface area contributed by atoms with Crippen LogP contribution in [0.3, 0.4) is 0 Å². The minimum Gasteiger partial charge on any atom is -0.451 e. The fourth-order valence-electron chi connectivity index (χ4n) is 2.17. The van der Waals surface area contributed by atoms with Crippen molar-refractivity contribution in [1.82, 2.24) is 0 Å². The summed E-state index contributed by atoms with van der Waals surface area (Å²) in [7, 11) is 0. The molecule has 1 N–H and O–H groups in total. The molecular weight excluding hydrogens is 334 g/mol. The van der Waals surface area contributed by atoms with Crippen LogP contribution in [0.25, 0.3) is 11.3 Å². The molecule has 0 radical (unpaired) electrons. The third kappa shape index (κ3) is 3.37. The van der Waals surface area contributed by atoms with Crippen molar-refractivity contribution in [1.29, 1.82) is 0 Å². The summed E-state index contributed by atoms with van der Waals surface area (Å²) in [5, 5.41) is 12.9. The predicted octanol–water partition coefficient (Wildman–Crippen LogP) is 4.39. The van der Waals surface area contributed by atoms with Crippen LogP contribution in [0.2, 0.25) is 0 Å². The number of hydrogen-bond donors (Lipinski definition) is 1. The average molecular weight is 344 g/mol. The lowest BCUT2D eigenvalue weighted by molar-refractivity contribution is -0.384. The maximum atomic E-state index is 13.7. The molecule has 0 bridgehead atoms. The van der Waals surface area contributed by atoms with E-state index in [9.17, 15) is 23.7 Å². The number of halogens is 2. The summed E-state index contributed by atoms with van der Waals surface area (Å²) in [5.74, 6) is -2.23. The molecule has 6 nitrogen and oxygen atoms in total. The Balaban J connectivity index is 1.85. The lowest BCUT2D eigenvalue weighted by atomic mass is 10.1. The maximum Gasteiger partial charge on any atom is 0.291 e. The second-order valence-electron chi connectivity index (χ2n) is 5.02. The summed E-state index contributed by atoms with van der Waals surface area (Å²) in [5.41, 5.74) is -0.561. The molecule has 2 aromatic carbocycles. The molecule has 1 aromatic heterocycles. The average Bonchev–Trinajstić information content (AvgIpc) is 3.07. The van der Waals surface area contributed by atoms with Gasteiger partial charge < -0.3 is 9.73 Å². The van der Waals surface area contributed by atoms with Gasteiger partial charge in [-0.3, -0.25) is 14.9 Å². The van der Waals surface area contributed by atoms with Crippen molar-refractivity contribution in [2.24, 2.45) is 0 Å². The zero-order chi connectivity index (χ0) is 18.0. The summed E-state index contributed by atoms with van der Waals surface area (Å²) >= 11 is 0. The molecule has 25 heavy (non-hydrogen) atoms. The van der Waals surface area contributed by atoms with E-state index >= 15 is 0 Å². The molecule has 0 saturated heterocycles. The van der Waals surface area contributed by atoms with Gasteiger partial charge in [0.15, 0.2) is 5.76 Å². The molecule has 0 fully saturated rings. The molecular formula is C17H10F2N2O4. The van der Waals surface area contributed by atoms with Crippen LogP contribution < -0.4 is 5.32 Å². The molecule has 1 heterocycles. The molecule has 126 valence electrons. The number of nitrogens with one attached hydrogen (secondary N) is 1. The first-order chi connectivity index (χ1) is 12.0. The normalized spacial score (nSPS) is 10.5. The summed E-state index contributed by atoms with van der Waals surface area (Å²) in [6.45, 7) is 0. The summed E-state index contributed by atoms with van der Waals surface area (Å²) < 4.78 is 32.7. The minimum absolute atomic E-state index is 0.128. The van der Waals surface area contributed by atoms with E-state index in [1.165, 1.54) is 30.3 Å². The van der Waals surface area contributed by atoms with Gasteiger partial charge in [-0.2, -0.15) is 0 Å². The van der Waals surface area contributed by atoms with Crippen LogP contribution in [0.4, 0.5) is 20.2 Å². The van der Waals surface area contributed by atoms with Crippen LogP contribution in [-0.4, -0.2) is 10.8 Å². The van der Waals surface area contributed by atoms with Gasteiger partial charge >= 0.3 is 0 Å². The van der Waals surface area contributed by atoms with Crippen LogP contribution in [0.5, 0.6) is 0 Å². The second kappa shape index (κ2) is 6.52. The molecule has 0 aliphatic heterocycles. The lowest BCUT2D eigenvalue weighted by Crippen LogP contribution is -2.12. The Bertz CT molecular complexity index is 969. The number of nitrogens with zero attached hydrogens (tertiary/aromatic N) is 1. The summed E-state index contributed by atoms with van der Waals surface area (Å²) in [6, 6.07) is 11.3. The van der Waals surface area contributed by atoms with Gasteiger partial charge in [-0.1, -0.05) is 12.1 Å². The number of nitro groups is 1. The molecule has 0 atom stereocenters. The van der Waals surface area contributed by atoms with Gasteiger partial charge in [-0.25, -0.2) is 8.78 Å². The van der Waals surface area contributed by atoms with Crippen molar-refractivity contribution < 1.29 is 22.9 Å². The smallest absolute Gasteiger partial charge is 0.291 e. The largest absolute Gasteiger partial charge is 0.451 e. The first-order valence-electron chi connectivity index (χ1n) is 7.06. The van der Waals surface area contributed by atoms with E-state index in [1.54, 1.807) is 6.07 Å². The van der Waals surface area contributed by atoms with Gasteiger partial charge in [-0.15, -0.1) is 0 Å². The number of hydrogen-bond acceptors (Lipinski definition) is 4. The second-order valence-corrected chi connectivity index (χ2v) is 5.02. The van der Waals surface area contributed by atoms with E-state index in [0.717, 1.165) is 18.2 Å². The molecule has 1 amide bonds. The molecule has 0 saturated carbocycles. The fraction of sp³-hybridized carbons (Fsp3) is 0. The quantitative estimate of drug-likeness (QED) is 0.562. The minimum atomic E-state index is -0.833. The molecule has 3 aromatic rings. The maximum absolute atomic E-state index is 13.7. The van der Waals surface area contributed by atoms with Gasteiger partial charge in [0.05, 0.1) is 16.2 Å². The fourth-order valence-corrected chi connectivity index (χ4v) is 2.17. The highest BCUT2D eigenvalue weighted by Gasteiger charge is 2.17. The van der Waals surface area contributed by atoms with E-state index in [2.05, 4.69) is 5.32 Å². The van der Waals surface area contributed by atoms with Crippen molar-refractivity contribution in [3.8, 4) is 11.3 Å². The Kier molecular flexibility index (Phi) is 4.25. The molecule has 0 unspecified atom stereocenters. The summed E-state index contributed by atoms with van der Waals surface area (Å²) in [4.78, 5) is 22.2. The van der Waals surface area contributed by atoms with Gasteiger partial charge in [0.2, 0.25) is 0 Å². The van der Waals surface area contributed by atoms with E-state index in [4.69, 9.17) is 4.42 Å². The van der Waals surface area contributed by atoms with Crippen molar-refractivity contribution in [2.45, 2.75) is 0 Å². The number of carbonyl (C=O) groups excluding carboxylic acids is 1. The monoisotopic (exact) mass is 344 g/mol. The third-order valence-electron chi connectivity index (χ3n) is 3.38. The summed E-state index contributed by atoms with van der Waals surface area (Å²) in [6.07, 6.45) is 0. The molecule has 0 aliphatic rings. The van der Waals surface area contributed by atoms with Gasteiger partial charge in [0.1, 0.15) is 17.4 Å². The first kappa shape index (κ1) is 16.3. The van der Waals surface area contributed by atoms with Crippen LogP contribution >= 0.6 is 0 Å². The number of nitro benzene ring substituents is 1. The van der Waals surface area contributed by atoms with Crippen molar-refractivity contribution in [2.75, 3.05) is 5.32 Å². The van der Waals surface area contributed by atoms with Crippen LogP contribution in [0, 0.1) is 21.7 Å². The molecule has 8 heteroatoms. The van der Waals surface area contributed by atoms with Crippen molar-refractivity contribution in [3.63, 3.8) is 0 Å².